The van der Waals surface area contributed by atoms with Crippen LogP contribution in [0, 0.1) is 0 Å². The van der Waals surface area contributed by atoms with Crippen LogP contribution in [-0.2, 0) is 0 Å². The second-order valence-electron chi connectivity index (χ2n) is 2.28. The molecule has 1 aromatic heterocycles. The van der Waals surface area contributed by atoms with Crippen LogP contribution in [0.3, 0.4) is 0 Å². The number of hydrogen-bond acceptors (Lipinski definition) is 7. The smallest absolute Gasteiger partial charge is 0.246 e. The van der Waals surface area contributed by atoms with Crippen molar-refractivity contribution in [3.63, 3.8) is 0 Å². The first-order chi connectivity index (χ1) is 6.42. The van der Waals surface area contributed by atoms with Crippen molar-refractivity contribution in [2.75, 3.05) is 11.7 Å². The van der Waals surface area contributed by atoms with Crippen molar-refractivity contribution in [2.24, 2.45) is 5.10 Å². The monoisotopic (exact) mass is 180 g/mol. The highest BCUT2D eigenvalue weighted by molar-refractivity contribution is 5.60. The van der Waals surface area contributed by atoms with Crippen LogP contribution in [0.2, 0.25) is 0 Å². The highest BCUT2D eigenvalue weighted by Crippen LogP contribution is 2.06. The number of anilines is 1. The molecule has 1 aliphatic heterocycles. The Balaban J connectivity index is 2.12. The first-order valence-corrected chi connectivity index (χ1v) is 3.61. The predicted molar refractivity (Wildman–Crippen MR) is 45.2 cm³/mol. The van der Waals surface area contributed by atoms with E-state index in [0.717, 1.165) is 0 Å². The Morgan fingerprint density at radius 1 is 1.62 bits per heavy atom. The molecule has 0 fully saturated rings. The lowest BCUT2D eigenvalue weighted by atomic mass is 10.6. The van der Waals surface area contributed by atoms with Gasteiger partial charge in [-0.1, -0.05) is 11.2 Å². The summed E-state index contributed by atoms with van der Waals surface area (Å²) in [6, 6.07) is 0. The summed E-state index contributed by atoms with van der Waals surface area (Å²) in [6.45, 7) is 4.23. The van der Waals surface area contributed by atoms with E-state index in [9.17, 15) is 0 Å². The first kappa shape index (κ1) is 7.53. The van der Waals surface area contributed by atoms with E-state index < -0.39 is 0 Å². The van der Waals surface area contributed by atoms with Crippen LogP contribution in [0.1, 0.15) is 0 Å². The summed E-state index contributed by atoms with van der Waals surface area (Å²) < 4.78 is 0. The lowest BCUT2D eigenvalue weighted by molar-refractivity contribution is 0.407. The average Bonchev–Trinajstić information content (AvgIpc) is 2.71. The van der Waals surface area contributed by atoms with E-state index in [-0.39, 0.29) is 0 Å². The molecular weight excluding hydrogens is 172 g/mol. The van der Waals surface area contributed by atoms with E-state index in [1.165, 1.54) is 0 Å². The van der Waals surface area contributed by atoms with Crippen molar-refractivity contribution in [1.29, 1.82) is 0 Å². The predicted octanol–water partition coefficient (Wildman–Crippen LogP) is -1.13. The van der Waals surface area contributed by atoms with E-state index in [1.807, 2.05) is 0 Å². The molecule has 68 valence electrons. The molecule has 8 nitrogen and oxygen atoms in total. The molecule has 13 heavy (non-hydrogen) atoms. The third-order valence-electron chi connectivity index (χ3n) is 1.44. The molecule has 2 heterocycles. The standard InChI is InChI=1S/C5H8N8/c1-2-3-12-4-6-11-13(12)5-7-9-10-8-5/h2,4,11H,1,3H2,(H,7,8,9,10). The van der Waals surface area contributed by atoms with Crippen molar-refractivity contribution in [3.05, 3.63) is 12.7 Å². The number of aromatic nitrogens is 4. The van der Waals surface area contributed by atoms with Gasteiger partial charge in [0, 0.05) is 0 Å². The molecule has 0 aromatic carbocycles. The zero-order valence-electron chi connectivity index (χ0n) is 6.75. The SMILES string of the molecule is C=CCN1C=NNN1c1nn[nH]n1. The van der Waals surface area contributed by atoms with Gasteiger partial charge in [-0.3, -0.25) is 0 Å². The fraction of sp³-hybridized carbons (Fsp3) is 0.200. The highest BCUT2D eigenvalue weighted by Gasteiger charge is 2.19. The average molecular weight is 180 g/mol. The minimum absolute atomic E-state index is 0.402. The van der Waals surface area contributed by atoms with Gasteiger partial charge in [0.1, 0.15) is 6.34 Å². The molecule has 8 heteroatoms. The third kappa shape index (κ3) is 1.28. The Labute approximate surface area is 73.8 Å². The number of hydrazone groups is 1. The molecule has 0 saturated heterocycles. The Hall–Kier alpha value is -2.12. The van der Waals surface area contributed by atoms with Gasteiger partial charge in [-0.25, -0.2) is 5.01 Å². The number of hydrogen-bond donors (Lipinski definition) is 2. The topological polar surface area (TPSA) is 85.3 Å². The normalized spacial score (nSPS) is 14.8. The zero-order chi connectivity index (χ0) is 9.10. The first-order valence-electron chi connectivity index (χ1n) is 3.61. The lowest BCUT2D eigenvalue weighted by Gasteiger charge is -2.22. The second-order valence-corrected chi connectivity index (χ2v) is 2.28. The molecule has 0 bridgehead atoms. The van der Waals surface area contributed by atoms with Gasteiger partial charge in [-0.05, 0) is 5.21 Å². The largest absolute Gasteiger partial charge is 0.305 e. The number of nitrogens with zero attached hydrogens (tertiary/aromatic N) is 6. The van der Waals surface area contributed by atoms with Gasteiger partial charge < -0.3 is 0 Å². The summed E-state index contributed by atoms with van der Waals surface area (Å²) in [7, 11) is 0. The second kappa shape index (κ2) is 3.09. The Bertz CT molecular complexity index is 302. The van der Waals surface area contributed by atoms with Gasteiger partial charge in [-0.2, -0.15) is 10.7 Å². The lowest BCUT2D eigenvalue weighted by Crippen LogP contribution is -2.43. The number of rotatable bonds is 3. The van der Waals surface area contributed by atoms with Crippen LogP contribution < -0.4 is 10.7 Å². The van der Waals surface area contributed by atoms with Crippen molar-refractivity contribution in [3.8, 4) is 0 Å². The molecule has 2 N–H and O–H groups in total. The Morgan fingerprint density at radius 3 is 3.23 bits per heavy atom. The minimum Gasteiger partial charge on any atom is -0.246 e. The number of H-pyrrole nitrogens is 1. The highest BCUT2D eigenvalue weighted by atomic mass is 15.9. The summed E-state index contributed by atoms with van der Waals surface area (Å²) in [6.07, 6.45) is 3.35. The summed E-state index contributed by atoms with van der Waals surface area (Å²) in [4.78, 5) is 0. The number of aromatic amines is 1. The summed E-state index contributed by atoms with van der Waals surface area (Å²) in [5, 5.41) is 20.5. The molecule has 0 amide bonds. The van der Waals surface area contributed by atoms with Crippen molar-refractivity contribution in [1.82, 2.24) is 31.2 Å². The number of tetrazole rings is 1. The van der Waals surface area contributed by atoms with Gasteiger partial charge in [0.2, 0.25) is 0 Å². The maximum Gasteiger partial charge on any atom is 0.305 e. The van der Waals surface area contributed by atoms with E-state index in [2.05, 4.69) is 37.8 Å². The molecule has 2 rings (SSSR count). The Kier molecular flexibility index (Phi) is 1.79. The molecule has 0 saturated carbocycles. The summed E-state index contributed by atoms with van der Waals surface area (Å²) in [5.74, 6) is 0.402. The quantitative estimate of drug-likeness (QED) is 0.572. The number of nitrogens with one attached hydrogen (secondary N) is 2. The summed E-state index contributed by atoms with van der Waals surface area (Å²) >= 11 is 0. The van der Waals surface area contributed by atoms with Crippen LogP contribution in [0.5, 0.6) is 0 Å². The van der Waals surface area contributed by atoms with Gasteiger partial charge in [0.25, 0.3) is 0 Å². The van der Waals surface area contributed by atoms with Gasteiger partial charge >= 0.3 is 5.95 Å². The fourth-order valence-corrected chi connectivity index (χ4v) is 0.923. The molecule has 1 aromatic rings. The molecule has 0 unspecified atom stereocenters. The molecule has 0 spiro atoms. The zero-order valence-corrected chi connectivity index (χ0v) is 6.75. The molecular formula is C5H8N8. The molecule has 1 aliphatic rings. The van der Waals surface area contributed by atoms with Crippen LogP contribution in [0.4, 0.5) is 5.95 Å². The fourth-order valence-electron chi connectivity index (χ4n) is 0.923. The van der Waals surface area contributed by atoms with Crippen molar-refractivity contribution in [2.45, 2.75) is 0 Å². The van der Waals surface area contributed by atoms with E-state index >= 15 is 0 Å². The van der Waals surface area contributed by atoms with E-state index in [0.29, 0.717) is 12.5 Å². The van der Waals surface area contributed by atoms with Crippen LogP contribution in [0.15, 0.2) is 17.8 Å². The summed E-state index contributed by atoms with van der Waals surface area (Å²) in [5.41, 5.74) is 2.69. The molecule has 0 radical (unpaired) electrons. The van der Waals surface area contributed by atoms with E-state index in [1.54, 1.807) is 22.5 Å². The Morgan fingerprint density at radius 2 is 2.54 bits per heavy atom. The molecule has 0 atom stereocenters. The van der Waals surface area contributed by atoms with Gasteiger partial charge in [0.05, 0.1) is 6.54 Å². The van der Waals surface area contributed by atoms with Gasteiger partial charge in [-0.15, -0.1) is 21.9 Å². The van der Waals surface area contributed by atoms with Crippen molar-refractivity contribution < 1.29 is 0 Å². The van der Waals surface area contributed by atoms with Crippen molar-refractivity contribution >= 4 is 12.3 Å². The van der Waals surface area contributed by atoms with Gasteiger partial charge in [0.15, 0.2) is 0 Å². The van der Waals surface area contributed by atoms with Crippen LogP contribution in [0.25, 0.3) is 0 Å². The van der Waals surface area contributed by atoms with E-state index in [4.69, 9.17) is 0 Å². The number of hydrazine groups is 2. The minimum atomic E-state index is 0.402. The maximum atomic E-state index is 3.83. The van der Waals surface area contributed by atoms with Crippen LogP contribution >= 0.6 is 0 Å². The maximum absolute atomic E-state index is 3.83. The third-order valence-corrected chi connectivity index (χ3v) is 1.44. The van der Waals surface area contributed by atoms with Crippen LogP contribution in [-0.4, -0.2) is 38.5 Å². The molecule has 0 aliphatic carbocycles.